The lowest BCUT2D eigenvalue weighted by molar-refractivity contribution is -0.167. The van der Waals surface area contributed by atoms with Gasteiger partial charge in [-0.2, -0.15) is 0 Å². The fourth-order valence-corrected chi connectivity index (χ4v) is 1.36. The quantitative estimate of drug-likeness (QED) is 0.143. The third-order valence-corrected chi connectivity index (χ3v) is 2.77. The fraction of sp³-hybridized carbons (Fsp3) is 0.778. The number of unbranched alkanes of at least 4 members (excludes halogenated alkanes) is 1. The van der Waals surface area contributed by atoms with Crippen LogP contribution in [-0.2, 0) is 28.7 Å². The van der Waals surface area contributed by atoms with Crippen molar-refractivity contribution in [3.05, 3.63) is 0 Å². The van der Waals surface area contributed by atoms with E-state index in [0.29, 0.717) is 32.4 Å². The molecule has 1 amide bonds. The zero-order chi connectivity index (χ0) is 22.9. The molecule has 11 heteroatoms. The maximum Gasteiger partial charge on any atom is 0.417 e. The van der Waals surface area contributed by atoms with Crippen LogP contribution in [0.25, 0.3) is 0 Å². The minimum atomic E-state index is -0.927. The Bertz CT molecular complexity index is 394. The van der Waals surface area contributed by atoms with Gasteiger partial charge in [-0.05, 0) is 46.1 Å². The number of hydrogen-bond donors (Lipinski definition) is 5. The molecule has 6 N–H and O–H groups in total. The van der Waals surface area contributed by atoms with E-state index in [1.54, 1.807) is 13.8 Å². The van der Waals surface area contributed by atoms with Crippen molar-refractivity contribution >= 4 is 23.6 Å². The molecule has 0 aromatic rings. The molecule has 11 nitrogen and oxygen atoms in total. The predicted octanol–water partition coefficient (Wildman–Crippen LogP) is -1.34. The van der Waals surface area contributed by atoms with E-state index in [9.17, 15) is 19.2 Å². The lowest BCUT2D eigenvalue weighted by atomic mass is 10.2. The van der Waals surface area contributed by atoms with Gasteiger partial charge in [-0.1, -0.05) is 0 Å². The Morgan fingerprint density at radius 2 is 1.28 bits per heavy atom. The van der Waals surface area contributed by atoms with Crippen molar-refractivity contribution in [3.8, 4) is 0 Å². The molecule has 0 unspecified atom stereocenters. The zero-order valence-corrected chi connectivity index (χ0v) is 17.4. The van der Waals surface area contributed by atoms with E-state index in [2.05, 4.69) is 14.8 Å². The van der Waals surface area contributed by atoms with Crippen LogP contribution in [0.3, 0.4) is 0 Å². The van der Waals surface area contributed by atoms with Crippen LogP contribution in [-0.4, -0.2) is 85.1 Å². The first-order chi connectivity index (χ1) is 13.9. The molecule has 0 aromatic heterocycles. The van der Waals surface area contributed by atoms with Gasteiger partial charge >= 0.3 is 11.9 Å². The second-order valence-electron chi connectivity index (χ2n) is 5.24. The summed E-state index contributed by atoms with van der Waals surface area (Å²) in [5, 5.41) is 27.3. The minimum Gasteiger partial charge on any atom is -0.458 e. The summed E-state index contributed by atoms with van der Waals surface area (Å²) in [6, 6.07) is 0. The number of amides is 1. The molecule has 172 valence electrons. The van der Waals surface area contributed by atoms with E-state index in [1.807, 2.05) is 0 Å². The highest BCUT2D eigenvalue weighted by Crippen LogP contribution is 1.95. The Morgan fingerprint density at radius 1 is 0.793 bits per heavy atom. The van der Waals surface area contributed by atoms with Crippen LogP contribution in [0.4, 0.5) is 0 Å². The van der Waals surface area contributed by atoms with E-state index in [0.717, 1.165) is 6.42 Å². The molecule has 0 saturated carbocycles. The van der Waals surface area contributed by atoms with Gasteiger partial charge < -0.3 is 35.8 Å². The third kappa shape index (κ3) is 25.9. The van der Waals surface area contributed by atoms with Crippen LogP contribution < -0.4 is 11.1 Å². The van der Waals surface area contributed by atoms with Gasteiger partial charge in [0, 0.05) is 32.8 Å². The van der Waals surface area contributed by atoms with Crippen LogP contribution in [0, 0.1) is 0 Å². The van der Waals surface area contributed by atoms with E-state index >= 15 is 0 Å². The van der Waals surface area contributed by atoms with E-state index in [-0.39, 0.29) is 39.5 Å². The molecule has 0 fully saturated rings. The fourth-order valence-electron chi connectivity index (χ4n) is 1.36. The van der Waals surface area contributed by atoms with Gasteiger partial charge in [0.25, 0.3) is 5.91 Å². The molecule has 0 rings (SSSR count). The molecule has 0 saturated heterocycles. The number of nitrogens with one attached hydrogen (secondary N) is 1. The average molecular weight is 424 g/mol. The smallest absolute Gasteiger partial charge is 0.417 e. The van der Waals surface area contributed by atoms with Crippen molar-refractivity contribution in [2.75, 3.05) is 46.1 Å². The number of aliphatic hydroxyl groups is 3. The summed E-state index contributed by atoms with van der Waals surface area (Å²) in [7, 11) is 0. The van der Waals surface area contributed by atoms with Crippen molar-refractivity contribution in [1.29, 1.82) is 0 Å². The number of Topliss-reactive ketones (excluding diaryl/α,β-unsaturated/α-hetero) is 1. The monoisotopic (exact) mass is 424 g/mol. The van der Waals surface area contributed by atoms with E-state index in [1.165, 1.54) is 0 Å². The number of hydrogen-bond acceptors (Lipinski definition) is 10. The Morgan fingerprint density at radius 3 is 1.62 bits per heavy atom. The van der Waals surface area contributed by atoms with Crippen LogP contribution >= 0.6 is 0 Å². The Hall–Kier alpha value is -2.08. The normalized spacial score (nSPS) is 9.17. The molecule has 0 atom stereocenters. The number of esters is 2. The predicted molar refractivity (Wildman–Crippen MR) is 105 cm³/mol. The Balaban J connectivity index is -0.000000392. The molecular weight excluding hydrogens is 388 g/mol. The SMILES string of the molecule is CCOC(=O)C(=O)OCC.NCCCO.O=C(CCCCO)C(=O)NCCCO. The van der Waals surface area contributed by atoms with Gasteiger partial charge in [0.1, 0.15) is 0 Å². The van der Waals surface area contributed by atoms with Crippen molar-refractivity contribution in [2.24, 2.45) is 5.73 Å². The van der Waals surface area contributed by atoms with Gasteiger partial charge in [-0.3, -0.25) is 9.59 Å². The number of carbonyl (C=O) groups is 4. The number of aliphatic hydroxyl groups excluding tert-OH is 3. The highest BCUT2D eigenvalue weighted by molar-refractivity contribution is 6.36. The molecule has 0 aromatic carbocycles. The van der Waals surface area contributed by atoms with Gasteiger partial charge in [-0.25, -0.2) is 9.59 Å². The molecule has 0 radical (unpaired) electrons. The zero-order valence-electron chi connectivity index (χ0n) is 17.4. The molecule has 0 aliphatic carbocycles. The lowest BCUT2D eigenvalue weighted by Gasteiger charge is -2.02. The van der Waals surface area contributed by atoms with E-state index in [4.69, 9.17) is 21.1 Å². The van der Waals surface area contributed by atoms with Crippen molar-refractivity contribution < 1.29 is 44.0 Å². The van der Waals surface area contributed by atoms with Gasteiger partial charge in [0.2, 0.25) is 5.78 Å². The molecule has 0 aliphatic heterocycles. The summed E-state index contributed by atoms with van der Waals surface area (Å²) in [5.74, 6) is -2.92. The number of carbonyl (C=O) groups excluding carboxylic acids is 4. The third-order valence-electron chi connectivity index (χ3n) is 2.77. The number of ketones is 1. The molecule has 0 spiro atoms. The van der Waals surface area contributed by atoms with Gasteiger partial charge in [0.05, 0.1) is 13.2 Å². The average Bonchev–Trinajstić information content (AvgIpc) is 2.70. The standard InChI is InChI=1S/C9H17NO4.C6H10O4.C3H9NO/c11-6-2-1-4-8(13)9(14)10-5-3-7-12;1-3-9-5(7)6(8)10-4-2;4-2-1-3-5/h11-12H,1-7H2,(H,10,14);3-4H2,1-2H3;5H,1-4H2. The summed E-state index contributed by atoms with van der Waals surface area (Å²) in [5.41, 5.74) is 4.98. The highest BCUT2D eigenvalue weighted by atomic mass is 16.6. The van der Waals surface area contributed by atoms with Gasteiger partial charge in [0.15, 0.2) is 0 Å². The first-order valence-electron chi connectivity index (χ1n) is 9.53. The van der Waals surface area contributed by atoms with E-state index < -0.39 is 23.6 Å². The first-order valence-corrected chi connectivity index (χ1v) is 9.53. The number of rotatable bonds is 12. The Kier molecular flexibility index (Phi) is 28.3. The molecule has 0 aliphatic rings. The molecule has 0 heterocycles. The summed E-state index contributed by atoms with van der Waals surface area (Å²) in [6.45, 7) is 4.80. The van der Waals surface area contributed by atoms with Crippen molar-refractivity contribution in [1.82, 2.24) is 5.32 Å². The lowest BCUT2D eigenvalue weighted by Crippen LogP contribution is -2.31. The molecule has 0 bridgehead atoms. The van der Waals surface area contributed by atoms with Crippen molar-refractivity contribution in [2.45, 2.75) is 46.0 Å². The molecule has 29 heavy (non-hydrogen) atoms. The maximum absolute atomic E-state index is 11.1. The Labute approximate surface area is 171 Å². The number of ether oxygens (including phenoxy) is 2. The van der Waals surface area contributed by atoms with Gasteiger partial charge in [-0.15, -0.1) is 0 Å². The largest absolute Gasteiger partial charge is 0.458 e. The van der Waals surface area contributed by atoms with Crippen LogP contribution in [0.1, 0.15) is 46.0 Å². The minimum absolute atomic E-state index is 0.00101. The summed E-state index contributed by atoms with van der Waals surface area (Å²) in [6.07, 6.45) is 2.42. The summed E-state index contributed by atoms with van der Waals surface area (Å²) in [4.78, 5) is 42.9. The maximum atomic E-state index is 11.1. The summed E-state index contributed by atoms with van der Waals surface area (Å²) < 4.78 is 8.69. The number of nitrogens with two attached hydrogens (primary N) is 1. The second-order valence-corrected chi connectivity index (χ2v) is 5.24. The van der Waals surface area contributed by atoms with Crippen LogP contribution in [0.2, 0.25) is 0 Å². The van der Waals surface area contributed by atoms with Crippen LogP contribution in [0.15, 0.2) is 0 Å². The first kappa shape index (κ1) is 31.6. The highest BCUT2D eigenvalue weighted by Gasteiger charge is 2.14. The second kappa shape index (κ2) is 25.9. The van der Waals surface area contributed by atoms with Crippen molar-refractivity contribution in [3.63, 3.8) is 0 Å². The molecular formula is C18H36N2O9. The van der Waals surface area contributed by atoms with Crippen LogP contribution in [0.5, 0.6) is 0 Å². The summed E-state index contributed by atoms with van der Waals surface area (Å²) >= 11 is 0. The topological polar surface area (TPSA) is 185 Å².